The minimum atomic E-state index is 0.742. The van der Waals surface area contributed by atoms with Crippen LogP contribution in [0.2, 0.25) is 0 Å². The SMILES string of the molecule is CN(C)c1cccc(-c2nn3c(CSc4ccccc4)nnc3s2)c1. The number of rotatable bonds is 5. The van der Waals surface area contributed by atoms with Crippen molar-refractivity contribution in [2.24, 2.45) is 0 Å². The fraction of sp³-hybridized carbons (Fsp3) is 0.167. The third-order valence-electron chi connectivity index (χ3n) is 3.78. The largest absolute Gasteiger partial charge is 0.378 e. The first-order valence-corrected chi connectivity index (χ1v) is 9.67. The Bertz CT molecular complexity index is 991. The van der Waals surface area contributed by atoms with Crippen LogP contribution in [0, 0.1) is 0 Å². The Morgan fingerprint density at radius 2 is 1.88 bits per heavy atom. The van der Waals surface area contributed by atoms with Crippen molar-refractivity contribution in [2.75, 3.05) is 19.0 Å². The predicted molar refractivity (Wildman–Crippen MR) is 104 cm³/mol. The van der Waals surface area contributed by atoms with Gasteiger partial charge in [0.25, 0.3) is 0 Å². The summed E-state index contributed by atoms with van der Waals surface area (Å²) in [6.45, 7) is 0. The molecule has 126 valence electrons. The van der Waals surface area contributed by atoms with Gasteiger partial charge in [-0.25, -0.2) is 0 Å². The van der Waals surface area contributed by atoms with E-state index in [-0.39, 0.29) is 0 Å². The van der Waals surface area contributed by atoms with Crippen LogP contribution in [0.3, 0.4) is 0 Å². The van der Waals surface area contributed by atoms with Gasteiger partial charge in [-0.3, -0.25) is 0 Å². The summed E-state index contributed by atoms with van der Waals surface area (Å²) in [5.41, 5.74) is 2.26. The zero-order valence-electron chi connectivity index (χ0n) is 14.0. The fourth-order valence-electron chi connectivity index (χ4n) is 2.45. The van der Waals surface area contributed by atoms with E-state index in [0.29, 0.717) is 0 Å². The van der Waals surface area contributed by atoms with Gasteiger partial charge >= 0.3 is 0 Å². The maximum atomic E-state index is 4.73. The van der Waals surface area contributed by atoms with Crippen molar-refractivity contribution in [1.82, 2.24) is 19.8 Å². The van der Waals surface area contributed by atoms with E-state index >= 15 is 0 Å². The van der Waals surface area contributed by atoms with Gasteiger partial charge in [-0.15, -0.1) is 22.0 Å². The second kappa shape index (κ2) is 6.85. The molecule has 0 saturated carbocycles. The van der Waals surface area contributed by atoms with Crippen molar-refractivity contribution in [3.63, 3.8) is 0 Å². The van der Waals surface area contributed by atoms with Crippen molar-refractivity contribution in [2.45, 2.75) is 10.6 Å². The third kappa shape index (κ3) is 3.38. The molecule has 0 spiro atoms. The monoisotopic (exact) mass is 367 g/mol. The molecule has 0 unspecified atom stereocenters. The minimum absolute atomic E-state index is 0.742. The average Bonchev–Trinajstić information content (AvgIpc) is 3.22. The molecule has 0 aliphatic carbocycles. The highest BCUT2D eigenvalue weighted by Gasteiger charge is 2.13. The number of benzene rings is 2. The van der Waals surface area contributed by atoms with E-state index in [1.807, 2.05) is 36.8 Å². The molecule has 25 heavy (non-hydrogen) atoms. The number of nitrogens with zero attached hydrogens (tertiary/aromatic N) is 5. The highest BCUT2D eigenvalue weighted by molar-refractivity contribution is 7.98. The first-order chi connectivity index (χ1) is 12.2. The van der Waals surface area contributed by atoms with Crippen LogP contribution in [0.4, 0.5) is 5.69 Å². The molecule has 4 aromatic rings. The zero-order chi connectivity index (χ0) is 17.2. The molecule has 7 heteroatoms. The number of hydrogen-bond donors (Lipinski definition) is 0. The topological polar surface area (TPSA) is 46.3 Å². The lowest BCUT2D eigenvalue weighted by molar-refractivity contribution is 0.887. The van der Waals surface area contributed by atoms with E-state index in [0.717, 1.165) is 32.8 Å². The molecule has 4 rings (SSSR count). The van der Waals surface area contributed by atoms with Gasteiger partial charge in [0.2, 0.25) is 4.96 Å². The maximum absolute atomic E-state index is 4.73. The Hall–Kier alpha value is -2.38. The van der Waals surface area contributed by atoms with Crippen LogP contribution < -0.4 is 4.90 Å². The van der Waals surface area contributed by atoms with Gasteiger partial charge in [-0.1, -0.05) is 41.7 Å². The van der Waals surface area contributed by atoms with Crippen LogP contribution in [0.1, 0.15) is 5.82 Å². The van der Waals surface area contributed by atoms with Crippen molar-refractivity contribution in [3.8, 4) is 10.6 Å². The fourth-order valence-corrected chi connectivity index (χ4v) is 4.13. The lowest BCUT2D eigenvalue weighted by atomic mass is 10.2. The summed E-state index contributed by atoms with van der Waals surface area (Å²) in [6.07, 6.45) is 0. The van der Waals surface area contributed by atoms with Gasteiger partial charge in [0.15, 0.2) is 5.82 Å². The van der Waals surface area contributed by atoms with Gasteiger partial charge in [0, 0.05) is 30.2 Å². The maximum Gasteiger partial charge on any atom is 0.235 e. The first kappa shape index (κ1) is 16.1. The van der Waals surface area contributed by atoms with E-state index in [2.05, 4.69) is 51.5 Å². The van der Waals surface area contributed by atoms with E-state index in [1.165, 1.54) is 4.90 Å². The summed E-state index contributed by atoms with van der Waals surface area (Å²) in [6, 6.07) is 18.7. The smallest absolute Gasteiger partial charge is 0.235 e. The third-order valence-corrected chi connectivity index (χ3v) is 5.73. The molecule has 0 radical (unpaired) electrons. The van der Waals surface area contributed by atoms with Crippen molar-refractivity contribution in [1.29, 1.82) is 0 Å². The Balaban J connectivity index is 1.61. The van der Waals surface area contributed by atoms with Crippen LogP contribution in [-0.4, -0.2) is 33.9 Å². The number of aromatic nitrogens is 4. The van der Waals surface area contributed by atoms with Crippen LogP contribution in [0.15, 0.2) is 59.5 Å². The number of hydrogen-bond acceptors (Lipinski definition) is 6. The molecular formula is C18H17N5S2. The number of fused-ring (bicyclic) bond motifs is 1. The van der Waals surface area contributed by atoms with Crippen LogP contribution >= 0.6 is 23.1 Å². The zero-order valence-corrected chi connectivity index (χ0v) is 15.6. The molecule has 2 aromatic heterocycles. The van der Waals surface area contributed by atoms with Crippen LogP contribution in [-0.2, 0) is 5.75 Å². The van der Waals surface area contributed by atoms with Gasteiger partial charge in [-0.2, -0.15) is 9.61 Å². The molecule has 2 heterocycles. The minimum Gasteiger partial charge on any atom is -0.378 e. The number of thioether (sulfide) groups is 1. The van der Waals surface area contributed by atoms with Gasteiger partial charge in [0.1, 0.15) is 5.01 Å². The first-order valence-electron chi connectivity index (χ1n) is 7.87. The van der Waals surface area contributed by atoms with E-state index in [9.17, 15) is 0 Å². The molecule has 0 aliphatic heterocycles. The molecule has 0 fully saturated rings. The summed E-state index contributed by atoms with van der Waals surface area (Å²) < 4.78 is 1.86. The molecule has 0 amide bonds. The van der Waals surface area contributed by atoms with Crippen molar-refractivity contribution in [3.05, 3.63) is 60.4 Å². The molecule has 5 nitrogen and oxygen atoms in total. The van der Waals surface area contributed by atoms with Crippen molar-refractivity contribution >= 4 is 33.7 Å². The van der Waals surface area contributed by atoms with Gasteiger partial charge in [-0.05, 0) is 24.3 Å². The number of anilines is 1. The van der Waals surface area contributed by atoms with E-state index in [1.54, 1.807) is 23.1 Å². The lowest BCUT2D eigenvalue weighted by Crippen LogP contribution is -2.08. The molecular weight excluding hydrogens is 350 g/mol. The molecule has 0 aliphatic rings. The summed E-state index contributed by atoms with van der Waals surface area (Å²) in [5, 5.41) is 14.3. The Morgan fingerprint density at radius 3 is 2.68 bits per heavy atom. The standard InChI is InChI=1S/C18H17N5S2/c1-22(2)14-8-6-7-13(11-14)17-21-23-16(19-20-18(23)25-17)12-24-15-9-4-3-5-10-15/h3-11H,12H2,1-2H3. The van der Waals surface area contributed by atoms with Crippen LogP contribution in [0.25, 0.3) is 15.5 Å². The second-order valence-corrected chi connectivity index (χ2v) is 7.77. The van der Waals surface area contributed by atoms with Crippen molar-refractivity contribution < 1.29 is 0 Å². The Labute approximate surface area is 154 Å². The lowest BCUT2D eigenvalue weighted by Gasteiger charge is -2.12. The van der Waals surface area contributed by atoms with Gasteiger partial charge in [0.05, 0.1) is 5.75 Å². The molecule has 0 atom stereocenters. The van der Waals surface area contributed by atoms with Gasteiger partial charge < -0.3 is 4.90 Å². The summed E-state index contributed by atoms with van der Waals surface area (Å²) in [7, 11) is 4.08. The normalized spacial score (nSPS) is 11.1. The summed E-state index contributed by atoms with van der Waals surface area (Å²) in [5.74, 6) is 1.61. The van der Waals surface area contributed by atoms with E-state index < -0.39 is 0 Å². The molecule has 0 bridgehead atoms. The highest BCUT2D eigenvalue weighted by atomic mass is 32.2. The Kier molecular flexibility index (Phi) is 4.42. The molecule has 0 N–H and O–H groups in total. The highest BCUT2D eigenvalue weighted by Crippen LogP contribution is 2.29. The molecule has 0 saturated heterocycles. The second-order valence-electron chi connectivity index (χ2n) is 5.76. The van der Waals surface area contributed by atoms with E-state index in [4.69, 9.17) is 5.10 Å². The predicted octanol–water partition coefficient (Wildman–Crippen LogP) is 4.21. The quantitative estimate of drug-likeness (QED) is 0.495. The summed E-state index contributed by atoms with van der Waals surface area (Å²) in [4.78, 5) is 4.13. The average molecular weight is 368 g/mol. The molecule has 2 aromatic carbocycles. The van der Waals surface area contributed by atoms with Crippen LogP contribution in [0.5, 0.6) is 0 Å². The summed E-state index contributed by atoms with van der Waals surface area (Å²) >= 11 is 3.30. The Morgan fingerprint density at radius 1 is 1.04 bits per heavy atom.